The monoisotopic (exact) mass is 809 g/mol. The number of methoxy groups -OCH3 is 1. The molecule has 2 N–H and O–H groups in total. The predicted octanol–water partition coefficient (Wildman–Crippen LogP) is 5.67. The molecule has 4 aromatic rings. The Morgan fingerprint density at radius 3 is 2.66 bits per heavy atom. The number of β-amino-alcohol motifs (C(OH)–C–C–N with tert-alkyl or cyclic N) is 1. The molecule has 10 rings (SSSR count). The van der Waals surface area contributed by atoms with Crippen molar-refractivity contribution < 1.29 is 32.1 Å². The van der Waals surface area contributed by atoms with Gasteiger partial charge in [0.1, 0.15) is 28.0 Å². The number of pyridine rings is 1. The van der Waals surface area contributed by atoms with Gasteiger partial charge in [-0.2, -0.15) is 15.1 Å². The van der Waals surface area contributed by atoms with Crippen molar-refractivity contribution in [2.24, 2.45) is 17.3 Å². The van der Waals surface area contributed by atoms with Crippen molar-refractivity contribution in [1.29, 1.82) is 0 Å². The number of hydrogen-bond donors (Lipinski definition) is 2. The van der Waals surface area contributed by atoms with E-state index in [0.717, 1.165) is 69.9 Å². The van der Waals surface area contributed by atoms with E-state index < -0.39 is 21.3 Å². The van der Waals surface area contributed by atoms with E-state index in [0.29, 0.717) is 70.7 Å². The van der Waals surface area contributed by atoms with Gasteiger partial charge in [-0.25, -0.2) is 17.8 Å². The number of benzene rings is 1. The van der Waals surface area contributed by atoms with Crippen LogP contribution in [0.2, 0.25) is 5.02 Å². The lowest BCUT2D eigenvalue weighted by Crippen LogP contribution is -2.55. The van der Waals surface area contributed by atoms with Crippen molar-refractivity contribution >= 4 is 49.1 Å². The van der Waals surface area contributed by atoms with Gasteiger partial charge in [0, 0.05) is 40.0 Å². The van der Waals surface area contributed by atoms with Gasteiger partial charge in [0.25, 0.3) is 0 Å². The molecule has 0 radical (unpaired) electrons. The number of anilines is 1. The zero-order valence-corrected chi connectivity index (χ0v) is 33.5. The molecular weight excluding hydrogens is 761 g/mol. The molecule has 5 unspecified atom stereocenters. The van der Waals surface area contributed by atoms with E-state index >= 15 is 4.39 Å². The molecule has 6 aliphatic rings. The zero-order chi connectivity index (χ0) is 38.6. The van der Waals surface area contributed by atoms with Gasteiger partial charge in [0.05, 0.1) is 56.7 Å². The normalized spacial score (nSPS) is 31.8. The summed E-state index contributed by atoms with van der Waals surface area (Å²) in [6.07, 6.45) is 10.6. The maximum Gasteiger partial charge on any atom is 0.319 e. The Hall–Kier alpha value is -3.37. The summed E-state index contributed by atoms with van der Waals surface area (Å²) in [5.74, 6) is 1.20. The molecule has 16 heteroatoms. The number of nitrogens with zero attached hydrogens (tertiary/aromatic N) is 6. The first kappa shape index (κ1) is 36.9. The number of fused-ring (bicyclic) bond motifs is 4. The molecule has 13 nitrogen and oxygen atoms in total. The Morgan fingerprint density at radius 1 is 1.11 bits per heavy atom. The van der Waals surface area contributed by atoms with Crippen molar-refractivity contribution in [2.45, 2.75) is 88.3 Å². The maximum absolute atomic E-state index is 17.6. The highest BCUT2D eigenvalue weighted by atomic mass is 35.5. The molecule has 5 atom stereocenters. The number of sulfone groups is 1. The second kappa shape index (κ2) is 13.6. The molecule has 6 heterocycles. The smallest absolute Gasteiger partial charge is 0.319 e. The van der Waals surface area contributed by atoms with Crippen molar-refractivity contribution in [3.8, 4) is 23.1 Å². The maximum atomic E-state index is 17.6. The fourth-order valence-corrected chi connectivity index (χ4v) is 13.8. The number of likely N-dealkylation sites (tertiary alicyclic amines) is 1. The van der Waals surface area contributed by atoms with Crippen LogP contribution in [0, 0.1) is 23.1 Å². The first-order valence-corrected chi connectivity index (χ1v) is 22.4. The Morgan fingerprint density at radius 2 is 1.89 bits per heavy atom. The molecule has 0 spiro atoms. The highest BCUT2D eigenvalue weighted by Crippen LogP contribution is 2.53. The third-order valence-electron chi connectivity index (χ3n) is 13.7. The van der Waals surface area contributed by atoms with Crippen LogP contribution in [0.1, 0.15) is 76.2 Å². The van der Waals surface area contributed by atoms with E-state index in [1.54, 1.807) is 13.1 Å². The van der Waals surface area contributed by atoms with Crippen LogP contribution in [0.25, 0.3) is 33.1 Å². The van der Waals surface area contributed by atoms with Crippen LogP contribution in [-0.4, -0.2) is 119 Å². The van der Waals surface area contributed by atoms with E-state index in [4.69, 9.17) is 40.8 Å². The zero-order valence-electron chi connectivity index (χ0n) is 31.9. The Balaban J connectivity index is 1.05. The molecule has 56 heavy (non-hydrogen) atoms. The molecule has 0 amide bonds. The topological polar surface area (TPSA) is 156 Å². The molecule has 1 aromatic carbocycles. The molecule has 6 fully saturated rings. The van der Waals surface area contributed by atoms with Gasteiger partial charge in [0.15, 0.2) is 15.7 Å². The summed E-state index contributed by atoms with van der Waals surface area (Å²) in [7, 11) is -1.43. The minimum Gasteiger partial charge on any atom is -0.480 e. The number of ether oxygens (including phenoxy) is 3. The number of aliphatic hydroxyl groups is 1. The van der Waals surface area contributed by atoms with Crippen LogP contribution in [0.3, 0.4) is 0 Å². The third-order valence-corrected chi connectivity index (χ3v) is 15.9. The summed E-state index contributed by atoms with van der Waals surface area (Å²) in [6.45, 7) is 4.12. The molecule has 3 saturated carbocycles. The summed E-state index contributed by atoms with van der Waals surface area (Å²) >= 11 is 6.89. The van der Waals surface area contributed by atoms with Crippen LogP contribution in [0.15, 0.2) is 12.3 Å². The lowest BCUT2D eigenvalue weighted by Gasteiger charge is -2.48. The van der Waals surface area contributed by atoms with Crippen molar-refractivity contribution in [3.63, 3.8) is 0 Å². The van der Waals surface area contributed by atoms with Crippen LogP contribution < -0.4 is 14.4 Å². The molecule has 3 aliphatic heterocycles. The van der Waals surface area contributed by atoms with E-state index in [1.165, 1.54) is 7.11 Å². The molecule has 3 aliphatic carbocycles. The number of hydrogen-bond acceptors (Lipinski definition) is 12. The van der Waals surface area contributed by atoms with E-state index in [1.807, 2.05) is 11.0 Å². The number of nitrogens with one attached hydrogen (secondary N) is 1. The van der Waals surface area contributed by atoms with E-state index in [2.05, 4.69) is 15.1 Å². The van der Waals surface area contributed by atoms with Gasteiger partial charge in [-0.1, -0.05) is 18.0 Å². The van der Waals surface area contributed by atoms with E-state index in [-0.39, 0.29) is 64.8 Å². The lowest BCUT2D eigenvalue weighted by atomic mass is 9.75. The minimum atomic E-state index is -2.93. The van der Waals surface area contributed by atoms with Gasteiger partial charge in [-0.15, -0.1) is 0 Å². The second-order valence-corrected chi connectivity index (χ2v) is 20.2. The van der Waals surface area contributed by atoms with Crippen molar-refractivity contribution in [2.75, 3.05) is 63.0 Å². The molecule has 3 saturated heterocycles. The number of H-pyrrole nitrogens is 1. The molecule has 300 valence electrons. The minimum absolute atomic E-state index is 0.00761. The number of halogens is 2. The lowest BCUT2D eigenvalue weighted by molar-refractivity contribution is -0.0224. The third kappa shape index (κ3) is 6.31. The number of piperidine rings is 1. The highest BCUT2D eigenvalue weighted by Gasteiger charge is 2.53. The molecular formula is C40H49ClFN7O6S. The number of rotatable bonds is 8. The summed E-state index contributed by atoms with van der Waals surface area (Å²) in [6, 6.07) is 2.58. The summed E-state index contributed by atoms with van der Waals surface area (Å²) in [5, 5.41) is 20.0. The highest BCUT2D eigenvalue weighted by molar-refractivity contribution is 7.91. The van der Waals surface area contributed by atoms with Crippen molar-refractivity contribution in [1.82, 2.24) is 30.0 Å². The number of aromatic nitrogens is 5. The van der Waals surface area contributed by atoms with Crippen LogP contribution in [-0.2, 0) is 14.6 Å². The van der Waals surface area contributed by atoms with Crippen molar-refractivity contribution in [3.05, 3.63) is 28.7 Å². The Kier molecular flexibility index (Phi) is 8.97. The van der Waals surface area contributed by atoms with E-state index in [9.17, 15) is 13.5 Å². The Bertz CT molecular complexity index is 2300. The number of aromatic amines is 1. The Labute approximate surface area is 330 Å². The van der Waals surface area contributed by atoms with Crippen LogP contribution >= 0.6 is 11.6 Å². The quantitative estimate of drug-likeness (QED) is 0.225. The van der Waals surface area contributed by atoms with Gasteiger partial charge in [0.2, 0.25) is 5.88 Å². The van der Waals surface area contributed by atoms with Gasteiger partial charge in [-0.3, -0.25) is 10.00 Å². The van der Waals surface area contributed by atoms with Crippen LogP contribution in [0.4, 0.5) is 10.2 Å². The average Bonchev–Trinajstić information content (AvgIpc) is 3.44. The fraction of sp³-hybridized carbons (Fsp3) is 0.650. The van der Waals surface area contributed by atoms with Crippen LogP contribution in [0.5, 0.6) is 11.9 Å². The molecule has 3 aromatic heterocycles. The molecule has 0 bridgehead atoms. The summed E-state index contributed by atoms with van der Waals surface area (Å²) in [5.41, 5.74) is 0.816. The summed E-state index contributed by atoms with van der Waals surface area (Å²) < 4.78 is 60.7. The predicted molar refractivity (Wildman–Crippen MR) is 210 cm³/mol. The first-order valence-electron chi connectivity index (χ1n) is 20.2. The van der Waals surface area contributed by atoms with Gasteiger partial charge in [-0.05, 0) is 94.2 Å². The van der Waals surface area contributed by atoms with Gasteiger partial charge < -0.3 is 24.2 Å². The standard InChI is InChI=1S/C40H49ClFN7O6S/c1-39(50)19-48(11-12-54-20-39)36-32-35(33(42)34(44-37(32)53-2)31-26-16-43-47-28(26)15-27(41)30(31)22-6-7-22)45-38(46-36)55-21-40-8-3-5-29(40)49(10-4-9-40)25-13-23-17-56(51,52)18-24(23)14-25/h15-16,22-25,29,50H,3-14,17-21H2,1-2H3,(H,43,47). The largest absolute Gasteiger partial charge is 0.480 e. The SMILES string of the molecule is COc1nc(-c2c(C3CC3)c(Cl)cc3[nH]ncc23)c(F)c2nc(OCC34CCCC3N(C3CC5CS(=O)(=O)CC5C3)CCC4)nc(N3CCOCC(C)(O)C3)c12. The van der Waals surface area contributed by atoms with Gasteiger partial charge >= 0.3 is 6.01 Å². The first-order chi connectivity index (χ1) is 26.9. The average molecular weight is 810 g/mol. The second-order valence-electron chi connectivity index (χ2n) is 17.7. The summed E-state index contributed by atoms with van der Waals surface area (Å²) in [4.78, 5) is 19.2. The fourth-order valence-electron chi connectivity index (χ4n) is 11.2.